The van der Waals surface area contributed by atoms with Crippen molar-refractivity contribution in [3.8, 4) is 11.1 Å². The lowest BCUT2D eigenvalue weighted by Gasteiger charge is -2.19. The summed E-state index contributed by atoms with van der Waals surface area (Å²) in [6, 6.07) is 14.8. The topological polar surface area (TPSA) is 114 Å². The molecule has 0 saturated carbocycles. The SMILES string of the molecule is CC(C)(C)OC(=O)NCC=CCC(NC(=O)OCC1c2ccccc2-c2ccccc21)C(=O)O. The van der Waals surface area contributed by atoms with Crippen molar-refractivity contribution in [2.75, 3.05) is 13.2 Å². The molecule has 0 saturated heterocycles. The highest BCUT2D eigenvalue weighted by atomic mass is 16.6. The van der Waals surface area contributed by atoms with E-state index in [1.807, 2.05) is 48.5 Å². The third-order valence-electron chi connectivity index (χ3n) is 5.24. The number of carboxylic acid groups (broad SMARTS) is 1. The lowest BCUT2D eigenvalue weighted by atomic mass is 9.98. The molecule has 2 amide bonds. The second-order valence-electron chi connectivity index (χ2n) is 8.95. The van der Waals surface area contributed by atoms with Gasteiger partial charge in [-0.2, -0.15) is 0 Å². The van der Waals surface area contributed by atoms with Gasteiger partial charge in [-0.3, -0.25) is 0 Å². The summed E-state index contributed by atoms with van der Waals surface area (Å²) in [4.78, 5) is 35.5. The van der Waals surface area contributed by atoms with Crippen LogP contribution in [0.3, 0.4) is 0 Å². The number of hydrogen-bond donors (Lipinski definition) is 3. The van der Waals surface area contributed by atoms with Crippen LogP contribution in [-0.2, 0) is 14.3 Å². The number of amides is 2. The van der Waals surface area contributed by atoms with Gasteiger partial charge in [-0.25, -0.2) is 14.4 Å². The number of carboxylic acids is 1. The van der Waals surface area contributed by atoms with Crippen molar-refractivity contribution >= 4 is 18.2 Å². The van der Waals surface area contributed by atoms with Gasteiger partial charge in [-0.1, -0.05) is 60.7 Å². The molecule has 0 radical (unpaired) electrons. The van der Waals surface area contributed by atoms with Crippen LogP contribution in [0.1, 0.15) is 44.2 Å². The maximum Gasteiger partial charge on any atom is 0.407 e. The molecule has 8 nitrogen and oxygen atoms in total. The molecule has 34 heavy (non-hydrogen) atoms. The Labute approximate surface area is 199 Å². The average molecular weight is 467 g/mol. The van der Waals surface area contributed by atoms with Crippen molar-refractivity contribution in [3.63, 3.8) is 0 Å². The van der Waals surface area contributed by atoms with Crippen LogP contribution < -0.4 is 10.6 Å². The summed E-state index contributed by atoms with van der Waals surface area (Å²) in [5.74, 6) is -1.29. The second-order valence-corrected chi connectivity index (χ2v) is 8.95. The zero-order valence-corrected chi connectivity index (χ0v) is 19.5. The summed E-state index contributed by atoms with van der Waals surface area (Å²) in [6.45, 7) is 5.55. The van der Waals surface area contributed by atoms with Gasteiger partial charge in [-0.05, 0) is 49.4 Å². The van der Waals surface area contributed by atoms with Crippen molar-refractivity contribution in [2.45, 2.75) is 44.8 Å². The Bertz CT molecular complexity index is 1030. The van der Waals surface area contributed by atoms with Gasteiger partial charge in [0.15, 0.2) is 0 Å². The van der Waals surface area contributed by atoms with E-state index in [0.29, 0.717) is 0 Å². The molecular weight excluding hydrogens is 436 g/mol. The van der Waals surface area contributed by atoms with Crippen LogP contribution in [0.25, 0.3) is 11.1 Å². The highest BCUT2D eigenvalue weighted by molar-refractivity contribution is 5.81. The Morgan fingerprint density at radius 2 is 1.56 bits per heavy atom. The fourth-order valence-corrected chi connectivity index (χ4v) is 3.78. The number of aliphatic carboxylic acids is 1. The highest BCUT2D eigenvalue weighted by Gasteiger charge is 2.29. The predicted octanol–water partition coefficient (Wildman–Crippen LogP) is 4.45. The van der Waals surface area contributed by atoms with Gasteiger partial charge >= 0.3 is 18.2 Å². The maximum atomic E-state index is 12.4. The Hall–Kier alpha value is -3.81. The predicted molar refractivity (Wildman–Crippen MR) is 128 cm³/mol. The van der Waals surface area contributed by atoms with E-state index in [1.54, 1.807) is 32.9 Å². The van der Waals surface area contributed by atoms with E-state index in [1.165, 1.54) is 0 Å². The number of carbonyl (C=O) groups is 3. The quantitative estimate of drug-likeness (QED) is 0.495. The summed E-state index contributed by atoms with van der Waals surface area (Å²) in [7, 11) is 0. The number of benzene rings is 2. The molecule has 0 aliphatic heterocycles. The van der Waals surface area contributed by atoms with E-state index >= 15 is 0 Å². The molecule has 2 aromatic rings. The molecule has 0 bridgehead atoms. The van der Waals surface area contributed by atoms with Crippen molar-refractivity contribution in [1.29, 1.82) is 0 Å². The third kappa shape index (κ3) is 6.60. The Morgan fingerprint density at radius 3 is 2.12 bits per heavy atom. The molecular formula is C26H30N2O6. The van der Waals surface area contributed by atoms with E-state index in [4.69, 9.17) is 9.47 Å². The Morgan fingerprint density at radius 1 is 0.971 bits per heavy atom. The lowest BCUT2D eigenvalue weighted by Crippen LogP contribution is -2.41. The number of carbonyl (C=O) groups excluding carboxylic acids is 2. The van der Waals surface area contributed by atoms with Crippen LogP contribution in [0, 0.1) is 0 Å². The normalized spacial score (nSPS) is 13.6. The van der Waals surface area contributed by atoms with E-state index < -0.39 is 29.8 Å². The average Bonchev–Trinajstić information content (AvgIpc) is 3.09. The first-order chi connectivity index (χ1) is 16.2. The molecule has 3 N–H and O–H groups in total. The van der Waals surface area contributed by atoms with Gasteiger partial charge in [-0.15, -0.1) is 0 Å². The van der Waals surface area contributed by atoms with E-state index in [2.05, 4.69) is 10.6 Å². The molecule has 8 heteroatoms. The van der Waals surface area contributed by atoms with Crippen LogP contribution >= 0.6 is 0 Å². The van der Waals surface area contributed by atoms with Crippen LogP contribution in [0.15, 0.2) is 60.7 Å². The van der Waals surface area contributed by atoms with E-state index in [9.17, 15) is 19.5 Å². The molecule has 0 aromatic heterocycles. The zero-order chi connectivity index (χ0) is 24.7. The number of fused-ring (bicyclic) bond motifs is 3. The molecule has 1 atom stereocenters. The molecule has 1 aliphatic carbocycles. The fraction of sp³-hybridized carbons (Fsp3) is 0.346. The molecule has 0 spiro atoms. The summed E-state index contributed by atoms with van der Waals surface area (Å²) in [5, 5.41) is 14.4. The van der Waals surface area contributed by atoms with Crippen LogP contribution in [0.5, 0.6) is 0 Å². The summed E-state index contributed by atoms with van der Waals surface area (Å²) in [5.41, 5.74) is 3.77. The van der Waals surface area contributed by atoms with Gasteiger partial charge in [0.1, 0.15) is 18.2 Å². The number of ether oxygens (including phenoxy) is 2. The number of rotatable bonds is 8. The number of nitrogens with one attached hydrogen (secondary N) is 2. The Balaban J connectivity index is 1.50. The molecule has 180 valence electrons. The molecule has 1 unspecified atom stereocenters. The first-order valence-electron chi connectivity index (χ1n) is 11.1. The van der Waals surface area contributed by atoms with Gasteiger partial charge in [0.2, 0.25) is 0 Å². The molecule has 2 aromatic carbocycles. The van der Waals surface area contributed by atoms with Crippen molar-refractivity contribution < 1.29 is 29.0 Å². The summed E-state index contributed by atoms with van der Waals surface area (Å²) >= 11 is 0. The van der Waals surface area contributed by atoms with E-state index in [-0.39, 0.29) is 25.5 Å². The van der Waals surface area contributed by atoms with Crippen molar-refractivity contribution in [1.82, 2.24) is 10.6 Å². The minimum absolute atomic E-state index is 0.0372. The number of alkyl carbamates (subject to hydrolysis) is 2. The molecule has 1 aliphatic rings. The standard InChI is InChI=1S/C26H30N2O6/c1-26(2,3)34-24(31)27-15-9-8-14-22(23(29)30)28-25(32)33-16-21-19-12-6-4-10-17(19)18-11-5-7-13-20(18)21/h4-13,21-22H,14-16H2,1-3H3,(H,27,31)(H,28,32)(H,29,30). The summed E-state index contributed by atoms with van der Waals surface area (Å²) < 4.78 is 10.5. The largest absolute Gasteiger partial charge is 0.480 e. The monoisotopic (exact) mass is 466 g/mol. The first-order valence-corrected chi connectivity index (χ1v) is 11.1. The molecule has 0 fully saturated rings. The van der Waals surface area contributed by atoms with Crippen LogP contribution in [0.4, 0.5) is 9.59 Å². The molecule has 3 rings (SSSR count). The second kappa shape index (κ2) is 10.9. The fourth-order valence-electron chi connectivity index (χ4n) is 3.78. The van der Waals surface area contributed by atoms with Gasteiger partial charge < -0.3 is 25.2 Å². The first kappa shape index (κ1) is 24.8. The minimum Gasteiger partial charge on any atom is -0.480 e. The maximum absolute atomic E-state index is 12.4. The summed E-state index contributed by atoms with van der Waals surface area (Å²) in [6.07, 6.45) is 1.84. The van der Waals surface area contributed by atoms with Crippen LogP contribution in [-0.4, -0.2) is 48.1 Å². The molecule has 0 heterocycles. The zero-order valence-electron chi connectivity index (χ0n) is 19.5. The van der Waals surface area contributed by atoms with Crippen LogP contribution in [0.2, 0.25) is 0 Å². The lowest BCUT2D eigenvalue weighted by molar-refractivity contribution is -0.139. The van der Waals surface area contributed by atoms with Gasteiger partial charge in [0, 0.05) is 12.5 Å². The van der Waals surface area contributed by atoms with Gasteiger partial charge in [0.05, 0.1) is 0 Å². The van der Waals surface area contributed by atoms with Gasteiger partial charge in [0.25, 0.3) is 0 Å². The number of hydrogen-bond acceptors (Lipinski definition) is 5. The highest BCUT2D eigenvalue weighted by Crippen LogP contribution is 2.44. The van der Waals surface area contributed by atoms with Crippen molar-refractivity contribution in [3.05, 3.63) is 71.8 Å². The minimum atomic E-state index is -1.18. The third-order valence-corrected chi connectivity index (χ3v) is 5.24. The van der Waals surface area contributed by atoms with Crippen molar-refractivity contribution in [2.24, 2.45) is 0 Å². The Kier molecular flexibility index (Phi) is 7.94. The van der Waals surface area contributed by atoms with E-state index in [0.717, 1.165) is 22.3 Å². The smallest absolute Gasteiger partial charge is 0.407 e.